The van der Waals surface area contributed by atoms with Crippen LogP contribution in [-0.4, -0.2) is 45.9 Å². The molecular formula is C16H22N4O2. The van der Waals surface area contributed by atoms with Crippen LogP contribution in [-0.2, 0) is 11.5 Å². The molecule has 2 saturated heterocycles. The molecule has 0 saturated carbocycles. The van der Waals surface area contributed by atoms with E-state index in [0.717, 1.165) is 62.4 Å². The summed E-state index contributed by atoms with van der Waals surface area (Å²) in [5.74, 6) is 0.909. The average Bonchev–Trinajstić information content (AvgIpc) is 3.22. The van der Waals surface area contributed by atoms with E-state index >= 15 is 0 Å². The first-order valence-corrected chi connectivity index (χ1v) is 8.12. The van der Waals surface area contributed by atoms with E-state index < -0.39 is 0 Å². The number of hydrogen-bond donors (Lipinski definition) is 2. The van der Waals surface area contributed by atoms with Crippen LogP contribution in [0.3, 0.4) is 0 Å². The summed E-state index contributed by atoms with van der Waals surface area (Å²) in [6.45, 7) is 3.59. The number of nitrogens with zero attached hydrogens (tertiary/aromatic N) is 3. The Kier molecular flexibility index (Phi) is 3.82. The Morgan fingerprint density at radius 3 is 2.86 bits per heavy atom. The largest absolute Gasteiger partial charge is 0.381 e. The van der Waals surface area contributed by atoms with Crippen molar-refractivity contribution in [1.82, 2.24) is 19.9 Å². The second-order valence-corrected chi connectivity index (χ2v) is 6.24. The highest BCUT2D eigenvalue weighted by Crippen LogP contribution is 2.32. The maximum atomic E-state index is 9.57. The lowest BCUT2D eigenvalue weighted by molar-refractivity contribution is 0.0845. The Hall–Kier alpha value is -1.50. The minimum Gasteiger partial charge on any atom is -0.381 e. The van der Waals surface area contributed by atoms with E-state index in [0.29, 0.717) is 11.8 Å². The summed E-state index contributed by atoms with van der Waals surface area (Å²) >= 11 is 0. The van der Waals surface area contributed by atoms with Crippen molar-refractivity contribution < 1.29 is 9.84 Å². The minimum absolute atomic E-state index is 0.0536. The van der Waals surface area contributed by atoms with E-state index in [1.54, 1.807) is 4.57 Å². The summed E-state index contributed by atoms with van der Waals surface area (Å²) in [5, 5.41) is 13.0. The Morgan fingerprint density at radius 1 is 1.27 bits per heavy atom. The molecular weight excluding hydrogens is 280 g/mol. The zero-order chi connectivity index (χ0) is 14.9. The van der Waals surface area contributed by atoms with Crippen molar-refractivity contribution in [3.05, 3.63) is 23.7 Å². The van der Waals surface area contributed by atoms with Crippen LogP contribution in [0.4, 0.5) is 0 Å². The van der Waals surface area contributed by atoms with Gasteiger partial charge in [0.15, 0.2) is 5.65 Å². The predicted octanol–water partition coefficient (Wildman–Crippen LogP) is 1.35. The van der Waals surface area contributed by atoms with Gasteiger partial charge in [-0.1, -0.05) is 0 Å². The molecule has 2 aliphatic heterocycles. The van der Waals surface area contributed by atoms with Crippen LogP contribution in [0.15, 0.2) is 12.4 Å². The predicted molar refractivity (Wildman–Crippen MR) is 82.8 cm³/mol. The standard InChI is InChI=1S/C16H22N4O2/c21-10-20-9-13(12-1-4-17-7-12)15-16(20)18-8-14(19-15)11-2-5-22-6-3-11/h8-9,11-12,17,21H,1-7,10H2. The van der Waals surface area contributed by atoms with E-state index in [9.17, 15) is 5.11 Å². The van der Waals surface area contributed by atoms with Crippen LogP contribution in [0.1, 0.15) is 42.4 Å². The molecule has 6 heteroatoms. The first kappa shape index (κ1) is 14.1. The lowest BCUT2D eigenvalue weighted by atomic mass is 9.96. The van der Waals surface area contributed by atoms with Crippen LogP contribution < -0.4 is 5.32 Å². The summed E-state index contributed by atoms with van der Waals surface area (Å²) in [7, 11) is 0. The fourth-order valence-electron chi connectivity index (χ4n) is 3.61. The maximum absolute atomic E-state index is 9.57. The minimum atomic E-state index is -0.0536. The number of ether oxygens (including phenoxy) is 1. The average molecular weight is 302 g/mol. The van der Waals surface area contributed by atoms with E-state index in [4.69, 9.17) is 9.72 Å². The molecule has 2 aromatic rings. The van der Waals surface area contributed by atoms with Crippen LogP contribution in [0.5, 0.6) is 0 Å². The van der Waals surface area contributed by atoms with Crippen molar-refractivity contribution in [2.45, 2.75) is 37.8 Å². The fourth-order valence-corrected chi connectivity index (χ4v) is 3.61. The van der Waals surface area contributed by atoms with E-state index in [1.165, 1.54) is 5.56 Å². The summed E-state index contributed by atoms with van der Waals surface area (Å²) in [6.07, 6.45) is 7.05. The SMILES string of the molecule is OCn1cc(C2CCNC2)c2nc(C3CCOCC3)cnc21. The molecule has 0 radical (unpaired) electrons. The van der Waals surface area contributed by atoms with Crippen LogP contribution in [0.25, 0.3) is 11.2 Å². The third-order valence-electron chi connectivity index (χ3n) is 4.90. The number of fused-ring (bicyclic) bond motifs is 1. The molecule has 4 rings (SSSR count). The molecule has 0 amide bonds. The van der Waals surface area contributed by atoms with Crippen molar-refractivity contribution in [3.63, 3.8) is 0 Å². The lowest BCUT2D eigenvalue weighted by Crippen LogP contribution is -2.15. The lowest BCUT2D eigenvalue weighted by Gasteiger charge is -2.21. The van der Waals surface area contributed by atoms with Gasteiger partial charge in [0, 0.05) is 43.4 Å². The van der Waals surface area contributed by atoms with Crippen molar-refractivity contribution in [3.8, 4) is 0 Å². The molecule has 6 nitrogen and oxygen atoms in total. The van der Waals surface area contributed by atoms with E-state index in [1.807, 2.05) is 12.4 Å². The molecule has 4 heterocycles. The zero-order valence-corrected chi connectivity index (χ0v) is 12.7. The molecule has 2 aromatic heterocycles. The molecule has 2 aliphatic rings. The zero-order valence-electron chi connectivity index (χ0n) is 12.7. The molecule has 0 spiro atoms. The number of hydrogen-bond acceptors (Lipinski definition) is 5. The second kappa shape index (κ2) is 5.95. The Morgan fingerprint density at radius 2 is 2.14 bits per heavy atom. The van der Waals surface area contributed by atoms with E-state index in [-0.39, 0.29) is 6.73 Å². The van der Waals surface area contributed by atoms with Crippen molar-refractivity contribution >= 4 is 11.2 Å². The maximum Gasteiger partial charge on any atom is 0.160 e. The highest BCUT2D eigenvalue weighted by Gasteiger charge is 2.24. The smallest absolute Gasteiger partial charge is 0.160 e. The van der Waals surface area contributed by atoms with Crippen molar-refractivity contribution in [1.29, 1.82) is 0 Å². The topological polar surface area (TPSA) is 72.2 Å². The Labute approximate surface area is 129 Å². The van der Waals surface area contributed by atoms with Gasteiger partial charge in [-0.05, 0) is 25.8 Å². The molecule has 2 N–H and O–H groups in total. The number of aromatic nitrogens is 3. The molecule has 1 atom stereocenters. The van der Waals surface area contributed by atoms with E-state index in [2.05, 4.69) is 10.3 Å². The van der Waals surface area contributed by atoms with Gasteiger partial charge in [-0.25, -0.2) is 9.97 Å². The molecule has 0 aliphatic carbocycles. The number of aliphatic hydroxyl groups excluding tert-OH is 1. The molecule has 22 heavy (non-hydrogen) atoms. The van der Waals surface area contributed by atoms with Crippen LogP contribution >= 0.6 is 0 Å². The highest BCUT2D eigenvalue weighted by molar-refractivity contribution is 5.77. The third-order valence-corrected chi connectivity index (χ3v) is 4.90. The highest BCUT2D eigenvalue weighted by atomic mass is 16.5. The monoisotopic (exact) mass is 302 g/mol. The third kappa shape index (κ3) is 2.41. The second-order valence-electron chi connectivity index (χ2n) is 6.24. The quantitative estimate of drug-likeness (QED) is 0.895. The van der Waals surface area contributed by atoms with Gasteiger partial charge in [-0.15, -0.1) is 0 Å². The molecule has 1 unspecified atom stereocenters. The fraction of sp³-hybridized carbons (Fsp3) is 0.625. The van der Waals surface area contributed by atoms with Crippen molar-refractivity contribution in [2.75, 3.05) is 26.3 Å². The van der Waals surface area contributed by atoms with Crippen LogP contribution in [0, 0.1) is 0 Å². The Bertz CT molecular complexity index is 657. The van der Waals surface area contributed by atoms with Gasteiger partial charge in [0.05, 0.1) is 11.9 Å². The van der Waals surface area contributed by atoms with Gasteiger partial charge < -0.3 is 19.7 Å². The van der Waals surface area contributed by atoms with Gasteiger partial charge in [0.1, 0.15) is 12.2 Å². The molecule has 0 aromatic carbocycles. The Balaban J connectivity index is 1.77. The number of aliphatic hydroxyl groups is 1. The molecule has 2 fully saturated rings. The van der Waals surface area contributed by atoms with Gasteiger partial charge in [-0.3, -0.25) is 0 Å². The van der Waals surface area contributed by atoms with Crippen molar-refractivity contribution in [2.24, 2.45) is 0 Å². The summed E-state index contributed by atoms with van der Waals surface area (Å²) in [6, 6.07) is 0. The first-order valence-electron chi connectivity index (χ1n) is 8.12. The summed E-state index contributed by atoms with van der Waals surface area (Å²) in [4.78, 5) is 9.53. The summed E-state index contributed by atoms with van der Waals surface area (Å²) in [5.41, 5.74) is 4.04. The normalized spacial score (nSPS) is 23.4. The van der Waals surface area contributed by atoms with Gasteiger partial charge in [-0.2, -0.15) is 0 Å². The van der Waals surface area contributed by atoms with Gasteiger partial charge in [0.25, 0.3) is 0 Å². The first-order chi connectivity index (χ1) is 10.9. The molecule has 0 bridgehead atoms. The molecule has 118 valence electrons. The number of rotatable bonds is 3. The number of nitrogens with one attached hydrogen (secondary N) is 1. The van der Waals surface area contributed by atoms with Gasteiger partial charge in [0.2, 0.25) is 0 Å². The van der Waals surface area contributed by atoms with Crippen LogP contribution in [0.2, 0.25) is 0 Å². The van der Waals surface area contributed by atoms with Gasteiger partial charge >= 0.3 is 0 Å². The summed E-state index contributed by atoms with van der Waals surface area (Å²) < 4.78 is 7.24.